The minimum atomic E-state index is -1.01. The molecule has 2 saturated heterocycles. The number of amides is 2. The SMILES string of the molecule is CC1(C)SC2C(NC(=O)Cc3ccccc3)C(=O)N2C1C(=O)O.CCCCCCCCNCCNCCCCCCCC. The van der Waals surface area contributed by atoms with Crippen LogP contribution in [0.4, 0.5) is 0 Å². The van der Waals surface area contributed by atoms with E-state index < -0.39 is 22.8 Å². The average molecular weight is 619 g/mol. The van der Waals surface area contributed by atoms with Gasteiger partial charge in [0.2, 0.25) is 11.8 Å². The van der Waals surface area contributed by atoms with Crippen LogP contribution in [-0.2, 0) is 20.8 Å². The van der Waals surface area contributed by atoms with Crippen LogP contribution in [0.15, 0.2) is 30.3 Å². The first kappa shape index (κ1) is 37.1. The first-order chi connectivity index (χ1) is 20.7. The van der Waals surface area contributed by atoms with Gasteiger partial charge in [-0.3, -0.25) is 9.59 Å². The number of benzene rings is 1. The van der Waals surface area contributed by atoms with Crippen LogP contribution in [0.5, 0.6) is 0 Å². The van der Waals surface area contributed by atoms with Crippen molar-refractivity contribution in [1.82, 2.24) is 20.9 Å². The fraction of sp³-hybridized carbons (Fsp3) is 0.735. The predicted molar refractivity (Wildman–Crippen MR) is 178 cm³/mol. The van der Waals surface area contributed by atoms with Gasteiger partial charge in [-0.15, -0.1) is 11.8 Å². The van der Waals surface area contributed by atoms with Crippen molar-refractivity contribution in [1.29, 1.82) is 0 Å². The van der Waals surface area contributed by atoms with Gasteiger partial charge in [0.25, 0.3) is 0 Å². The maximum atomic E-state index is 12.3. The van der Waals surface area contributed by atoms with Crippen LogP contribution in [0.2, 0.25) is 0 Å². The van der Waals surface area contributed by atoms with Crippen molar-refractivity contribution < 1.29 is 19.5 Å². The molecule has 3 unspecified atom stereocenters. The van der Waals surface area contributed by atoms with Gasteiger partial charge in [-0.2, -0.15) is 0 Å². The third-order valence-electron chi connectivity index (χ3n) is 8.09. The highest BCUT2D eigenvalue weighted by Crippen LogP contribution is 2.50. The Morgan fingerprint density at radius 3 is 1.84 bits per heavy atom. The normalized spacial score (nSPS) is 20.1. The summed E-state index contributed by atoms with van der Waals surface area (Å²) >= 11 is 1.42. The number of hydrogen-bond acceptors (Lipinski definition) is 6. The van der Waals surface area contributed by atoms with Crippen LogP contribution in [0.25, 0.3) is 0 Å². The first-order valence-electron chi connectivity index (χ1n) is 16.7. The number of carbonyl (C=O) groups excluding carboxylic acids is 2. The molecule has 3 atom stereocenters. The Hall–Kier alpha value is -2.10. The average Bonchev–Trinajstić information content (AvgIpc) is 3.24. The number of β-lactam (4-membered cyclic amide) rings is 1. The van der Waals surface area contributed by atoms with Gasteiger partial charge in [-0.25, -0.2) is 4.79 Å². The van der Waals surface area contributed by atoms with E-state index >= 15 is 0 Å². The van der Waals surface area contributed by atoms with Gasteiger partial charge >= 0.3 is 5.97 Å². The van der Waals surface area contributed by atoms with Gasteiger partial charge in [0.1, 0.15) is 17.5 Å². The minimum Gasteiger partial charge on any atom is -0.480 e. The number of unbranched alkanes of at least 4 members (excludes halogenated alkanes) is 10. The van der Waals surface area contributed by atoms with Crippen LogP contribution in [0.3, 0.4) is 0 Å². The number of nitrogens with one attached hydrogen (secondary N) is 3. The predicted octanol–water partition coefficient (Wildman–Crippen LogP) is 5.75. The van der Waals surface area contributed by atoms with Crippen molar-refractivity contribution in [3.63, 3.8) is 0 Å². The lowest BCUT2D eigenvalue weighted by Crippen LogP contribution is -2.70. The molecule has 0 bridgehead atoms. The van der Waals surface area contributed by atoms with E-state index in [1.54, 1.807) is 0 Å². The Morgan fingerprint density at radius 2 is 1.33 bits per heavy atom. The van der Waals surface area contributed by atoms with E-state index in [0.29, 0.717) is 0 Å². The number of hydrogen-bond donors (Lipinski definition) is 4. The van der Waals surface area contributed by atoms with Crippen molar-refractivity contribution in [2.75, 3.05) is 26.2 Å². The largest absolute Gasteiger partial charge is 0.480 e. The molecular formula is C34H58N4O4S. The second-order valence-electron chi connectivity index (χ2n) is 12.3. The van der Waals surface area contributed by atoms with Gasteiger partial charge in [0.15, 0.2) is 0 Å². The summed E-state index contributed by atoms with van der Waals surface area (Å²) in [4.78, 5) is 37.2. The number of carboxylic acid groups (broad SMARTS) is 1. The standard InChI is InChI=1S/C18H40N2.C16H18N2O4S/c1-3-5-7-9-11-13-15-19-17-18-20-16-14-12-10-8-6-4-2;1-16(2)12(15(21)22)18-13(20)11(14(18)23-16)17-10(19)8-9-6-4-3-5-7-9/h19-20H,3-18H2,1-2H3;3-7,11-12,14H,8H2,1-2H3,(H,17,19)(H,21,22). The molecule has 2 aliphatic rings. The van der Waals surface area contributed by atoms with Crippen LogP contribution >= 0.6 is 11.8 Å². The molecule has 9 heteroatoms. The summed E-state index contributed by atoms with van der Waals surface area (Å²) in [6.45, 7) is 12.8. The van der Waals surface area contributed by atoms with Crippen molar-refractivity contribution in [2.24, 2.45) is 0 Å². The monoisotopic (exact) mass is 618 g/mol. The molecule has 0 aliphatic carbocycles. The van der Waals surface area contributed by atoms with Gasteiger partial charge in [-0.1, -0.05) is 108 Å². The molecule has 2 aliphatic heterocycles. The molecule has 0 spiro atoms. The first-order valence-corrected chi connectivity index (χ1v) is 17.6. The summed E-state index contributed by atoms with van der Waals surface area (Å²) in [6.07, 6.45) is 16.9. The van der Waals surface area contributed by atoms with E-state index in [-0.39, 0.29) is 23.6 Å². The lowest BCUT2D eigenvalue weighted by molar-refractivity contribution is -0.161. The second kappa shape index (κ2) is 20.8. The van der Waals surface area contributed by atoms with Crippen LogP contribution in [0.1, 0.15) is 110 Å². The zero-order valence-corrected chi connectivity index (χ0v) is 28.0. The highest BCUT2D eigenvalue weighted by molar-refractivity contribution is 8.01. The van der Waals surface area contributed by atoms with E-state index in [0.717, 1.165) is 18.7 Å². The topological polar surface area (TPSA) is 111 Å². The molecule has 244 valence electrons. The maximum absolute atomic E-state index is 12.3. The Morgan fingerprint density at radius 1 is 0.814 bits per heavy atom. The summed E-state index contributed by atoms with van der Waals surface area (Å²) in [5, 5.41) is 18.9. The molecule has 2 amide bonds. The zero-order chi connectivity index (χ0) is 31.5. The molecule has 43 heavy (non-hydrogen) atoms. The highest BCUT2D eigenvalue weighted by atomic mass is 32.2. The van der Waals surface area contributed by atoms with Crippen LogP contribution in [-0.4, -0.2) is 76.2 Å². The Balaban J connectivity index is 0.000000304. The summed E-state index contributed by atoms with van der Waals surface area (Å²) in [6, 6.07) is 7.78. The van der Waals surface area contributed by atoms with Gasteiger partial charge < -0.3 is 26.0 Å². The quantitative estimate of drug-likeness (QED) is 0.103. The lowest BCUT2D eigenvalue weighted by atomic mass is 9.96. The fourth-order valence-corrected chi connectivity index (χ4v) is 7.26. The lowest BCUT2D eigenvalue weighted by Gasteiger charge is -2.43. The third-order valence-corrected chi connectivity index (χ3v) is 9.66. The van der Waals surface area contributed by atoms with Crippen molar-refractivity contribution >= 4 is 29.5 Å². The molecule has 0 aromatic heterocycles. The van der Waals surface area contributed by atoms with Crippen molar-refractivity contribution in [2.45, 2.75) is 133 Å². The molecular weight excluding hydrogens is 560 g/mol. The third kappa shape index (κ3) is 13.2. The molecule has 1 aromatic rings. The fourth-order valence-electron chi connectivity index (χ4n) is 5.64. The van der Waals surface area contributed by atoms with Crippen molar-refractivity contribution in [3.8, 4) is 0 Å². The summed E-state index contributed by atoms with van der Waals surface area (Å²) in [7, 11) is 0. The molecule has 8 nitrogen and oxygen atoms in total. The number of thioether (sulfide) groups is 1. The Kier molecular flexibility index (Phi) is 17.9. The number of nitrogens with zero attached hydrogens (tertiary/aromatic N) is 1. The van der Waals surface area contributed by atoms with Crippen LogP contribution < -0.4 is 16.0 Å². The molecule has 1 aromatic carbocycles. The summed E-state index contributed by atoms with van der Waals surface area (Å²) in [5.74, 6) is -1.55. The maximum Gasteiger partial charge on any atom is 0.327 e. The van der Waals surface area contributed by atoms with E-state index in [4.69, 9.17) is 0 Å². The number of aliphatic carboxylic acids is 1. The minimum absolute atomic E-state index is 0.202. The van der Waals surface area contributed by atoms with E-state index in [2.05, 4.69) is 29.8 Å². The Bertz CT molecular complexity index is 928. The second-order valence-corrected chi connectivity index (χ2v) is 14.1. The van der Waals surface area contributed by atoms with Gasteiger partial charge in [0, 0.05) is 17.8 Å². The summed E-state index contributed by atoms with van der Waals surface area (Å²) < 4.78 is -0.578. The van der Waals surface area contributed by atoms with Gasteiger partial charge in [-0.05, 0) is 45.3 Å². The molecule has 2 fully saturated rings. The highest BCUT2D eigenvalue weighted by Gasteiger charge is 2.64. The summed E-state index contributed by atoms with van der Waals surface area (Å²) in [5.41, 5.74) is 0.872. The van der Waals surface area contributed by atoms with E-state index in [1.807, 2.05) is 44.2 Å². The van der Waals surface area contributed by atoms with Gasteiger partial charge in [0.05, 0.1) is 6.42 Å². The number of carbonyl (C=O) groups is 3. The molecule has 0 saturated carbocycles. The molecule has 4 N–H and O–H groups in total. The Labute approximate surface area is 264 Å². The van der Waals surface area contributed by atoms with Crippen LogP contribution in [0, 0.1) is 0 Å². The van der Waals surface area contributed by atoms with E-state index in [1.165, 1.54) is 107 Å². The molecule has 0 radical (unpaired) electrons. The van der Waals surface area contributed by atoms with E-state index in [9.17, 15) is 19.5 Å². The zero-order valence-electron chi connectivity index (χ0n) is 27.2. The van der Waals surface area contributed by atoms with Crippen molar-refractivity contribution in [3.05, 3.63) is 35.9 Å². The number of fused-ring (bicyclic) bond motifs is 1. The molecule has 3 rings (SSSR count). The number of carboxylic acids is 1. The molecule has 2 heterocycles. The smallest absolute Gasteiger partial charge is 0.327 e. The number of rotatable bonds is 21.